The van der Waals surface area contributed by atoms with Crippen molar-refractivity contribution in [1.82, 2.24) is 0 Å². The molecule has 1 atom stereocenters. The van der Waals surface area contributed by atoms with Gasteiger partial charge in [-0.1, -0.05) is 204 Å². The molecule has 1 unspecified atom stereocenters. The van der Waals surface area contributed by atoms with Crippen molar-refractivity contribution in [3.8, 4) is 33.4 Å². The van der Waals surface area contributed by atoms with Crippen LogP contribution in [-0.4, -0.2) is 0 Å². The smallest absolute Gasteiger partial charge is 0.0510 e. The third-order valence-electron chi connectivity index (χ3n) is 14.0. The molecule has 0 aromatic heterocycles. The van der Waals surface area contributed by atoms with Gasteiger partial charge in [0.2, 0.25) is 0 Å². The predicted octanol–water partition coefficient (Wildman–Crippen LogP) is 18.9. The zero-order valence-corrected chi connectivity index (χ0v) is 41.7. The molecule has 4 aliphatic rings. The summed E-state index contributed by atoms with van der Waals surface area (Å²) in [5.41, 5.74) is 23.9. The summed E-state index contributed by atoms with van der Waals surface area (Å²) in [7, 11) is 0. The minimum atomic E-state index is -0.265. The highest BCUT2D eigenvalue weighted by atomic mass is 15.1. The molecule has 10 rings (SSSR count). The van der Waals surface area contributed by atoms with Crippen LogP contribution in [0.1, 0.15) is 94.7 Å². The van der Waals surface area contributed by atoms with Gasteiger partial charge in [0, 0.05) is 17.1 Å². The van der Waals surface area contributed by atoms with Crippen molar-refractivity contribution in [2.24, 2.45) is 5.41 Å². The Hall–Kier alpha value is -7.22. The first-order valence-corrected chi connectivity index (χ1v) is 24.5. The number of rotatable bonds is 7. The number of allylic oxidation sites excluding steroid dienone is 16. The van der Waals surface area contributed by atoms with Crippen LogP contribution in [0.15, 0.2) is 235 Å². The summed E-state index contributed by atoms with van der Waals surface area (Å²) >= 11 is 0. The fourth-order valence-corrected chi connectivity index (χ4v) is 10.4. The van der Waals surface area contributed by atoms with Crippen LogP contribution in [0.5, 0.6) is 0 Å². The summed E-state index contributed by atoms with van der Waals surface area (Å²) in [5, 5.41) is 0. The van der Waals surface area contributed by atoms with E-state index in [0.717, 1.165) is 34.6 Å². The number of hydrogen-bond donors (Lipinski definition) is 0. The topological polar surface area (TPSA) is 3.24 Å². The second kappa shape index (κ2) is 20.3. The van der Waals surface area contributed by atoms with Crippen LogP contribution >= 0.6 is 0 Å². The third kappa shape index (κ3) is 8.99. The molecular weight excluding hydrogens is 819 g/mol. The van der Waals surface area contributed by atoms with Gasteiger partial charge in [0.15, 0.2) is 0 Å². The summed E-state index contributed by atoms with van der Waals surface area (Å²) in [6, 6.07) is 50.0. The molecule has 1 heterocycles. The summed E-state index contributed by atoms with van der Waals surface area (Å²) in [5.74, 6) is 0. The molecule has 6 aromatic rings. The maximum absolute atomic E-state index is 4.22. The standard InChI is InChI=1S/C57H49N.C8H12.C2H6/c1-7-16-41(8-2)42(9-3)29-34-56-40(6)24-26-45-37-57(53-21-14-12-19-49(45)53)54-22-15-13-20-50(54)51-33-32-47(36-55(51)57)58(56)46-30-27-43(28-31-46)44-25-23-39(5)52(35-44)48-18-11-10-17-38(48)4;1-8(2)6-4-3-5-7-8;1-2/h7-36H,3,37H2,1-2,4-6H3;3-6H,7H2,1-2H3;1-2H3/b16-7-,40-24+,41-8+,42-29+,45-26+,56-34+;;. The number of nitrogens with zero attached hydrogens (tertiary/aromatic N) is 1. The highest BCUT2D eigenvalue weighted by molar-refractivity contribution is 5.93. The van der Waals surface area contributed by atoms with E-state index in [4.69, 9.17) is 0 Å². The zero-order chi connectivity index (χ0) is 48.0. The Morgan fingerprint density at radius 3 is 1.88 bits per heavy atom. The largest absolute Gasteiger partial charge is 0.310 e. The highest BCUT2D eigenvalue weighted by Gasteiger charge is 2.50. The van der Waals surface area contributed by atoms with Gasteiger partial charge in [-0.25, -0.2) is 0 Å². The second-order valence-corrected chi connectivity index (χ2v) is 18.8. The normalized spacial score (nSPS) is 19.6. The maximum atomic E-state index is 4.22. The Balaban J connectivity index is 0.000000562. The lowest BCUT2D eigenvalue weighted by Gasteiger charge is -2.32. The Kier molecular flexibility index (Phi) is 14.1. The lowest BCUT2D eigenvalue weighted by Crippen LogP contribution is -2.24. The molecule has 0 radical (unpaired) electrons. The SMILES string of the molecule is C=CC(=C\C=C1/C(C)=C/C=C2\CC3(c4ccccc42)c2ccccc2-c2ccc(cc23)N1c1ccc(-c2ccc(C)c(-c3ccccc3C)c2)cc1)/C(/C=C\C)=C/C.CC.CC1(C)C=CC=CC1. The number of hydrogen-bond acceptors (Lipinski definition) is 1. The van der Waals surface area contributed by atoms with Gasteiger partial charge in [0.05, 0.1) is 5.41 Å². The van der Waals surface area contributed by atoms with E-state index >= 15 is 0 Å². The van der Waals surface area contributed by atoms with Crippen molar-refractivity contribution in [3.63, 3.8) is 0 Å². The predicted molar refractivity (Wildman–Crippen MR) is 296 cm³/mol. The Bertz CT molecular complexity index is 3110. The van der Waals surface area contributed by atoms with Gasteiger partial charge in [-0.05, 0) is 178 Å². The molecular formula is C67H67N. The Labute approximate surface area is 408 Å². The summed E-state index contributed by atoms with van der Waals surface area (Å²) in [6.45, 7) is 23.5. The average molecular weight is 886 g/mol. The van der Waals surface area contributed by atoms with E-state index in [1.807, 2.05) is 19.9 Å². The Morgan fingerprint density at radius 2 is 1.24 bits per heavy atom. The molecule has 0 amide bonds. The number of aryl methyl sites for hydroxylation is 2. The monoisotopic (exact) mass is 886 g/mol. The van der Waals surface area contributed by atoms with Crippen LogP contribution in [0.25, 0.3) is 39.0 Å². The van der Waals surface area contributed by atoms with Gasteiger partial charge in [0.25, 0.3) is 0 Å². The molecule has 68 heavy (non-hydrogen) atoms. The quantitative estimate of drug-likeness (QED) is 0.144. The summed E-state index contributed by atoms with van der Waals surface area (Å²) < 4.78 is 0. The summed E-state index contributed by atoms with van der Waals surface area (Å²) in [4.78, 5) is 2.45. The molecule has 6 aromatic carbocycles. The lowest BCUT2D eigenvalue weighted by molar-refractivity contribution is 0.484. The second-order valence-electron chi connectivity index (χ2n) is 18.8. The molecule has 3 aliphatic carbocycles. The first-order valence-electron chi connectivity index (χ1n) is 24.5. The molecule has 1 heteroatoms. The number of anilines is 2. The van der Waals surface area contributed by atoms with Crippen molar-refractivity contribution in [2.75, 3.05) is 4.90 Å². The van der Waals surface area contributed by atoms with Gasteiger partial charge in [-0.15, -0.1) is 0 Å². The minimum Gasteiger partial charge on any atom is -0.310 e. The van der Waals surface area contributed by atoms with E-state index in [-0.39, 0.29) is 5.41 Å². The minimum absolute atomic E-state index is 0.265. The van der Waals surface area contributed by atoms with Crippen LogP contribution in [0.2, 0.25) is 0 Å². The maximum Gasteiger partial charge on any atom is 0.0510 e. The fraction of sp³-hybridized carbons (Fsp3) is 0.194. The Morgan fingerprint density at radius 1 is 0.603 bits per heavy atom. The van der Waals surface area contributed by atoms with Crippen molar-refractivity contribution in [1.29, 1.82) is 0 Å². The average Bonchev–Trinajstić information content (AvgIpc) is 3.84. The molecule has 0 N–H and O–H groups in total. The van der Waals surface area contributed by atoms with E-state index in [1.54, 1.807) is 0 Å². The summed E-state index contributed by atoms with van der Waals surface area (Å²) in [6.07, 6.45) is 28.3. The third-order valence-corrected chi connectivity index (χ3v) is 14.0. The lowest BCUT2D eigenvalue weighted by atomic mass is 9.73. The van der Waals surface area contributed by atoms with Crippen LogP contribution in [0.4, 0.5) is 11.4 Å². The van der Waals surface area contributed by atoms with Crippen LogP contribution in [0, 0.1) is 19.3 Å². The van der Waals surface area contributed by atoms with Gasteiger partial charge >= 0.3 is 0 Å². The fourth-order valence-electron chi connectivity index (χ4n) is 10.4. The van der Waals surface area contributed by atoms with Crippen molar-refractivity contribution in [3.05, 3.63) is 269 Å². The van der Waals surface area contributed by atoms with Crippen LogP contribution in [-0.2, 0) is 5.41 Å². The zero-order valence-electron chi connectivity index (χ0n) is 41.7. The number of fused-ring (bicyclic) bond motifs is 6. The van der Waals surface area contributed by atoms with Crippen molar-refractivity contribution in [2.45, 2.75) is 80.6 Å². The van der Waals surface area contributed by atoms with Crippen molar-refractivity contribution >= 4 is 16.9 Å². The van der Waals surface area contributed by atoms with E-state index in [1.165, 1.54) is 84.3 Å². The molecule has 340 valence electrons. The van der Waals surface area contributed by atoms with E-state index < -0.39 is 0 Å². The van der Waals surface area contributed by atoms with E-state index in [0.29, 0.717) is 5.41 Å². The molecule has 1 spiro atoms. The first-order chi connectivity index (χ1) is 33.1. The molecule has 1 aliphatic heterocycles. The molecule has 0 saturated carbocycles. The highest BCUT2D eigenvalue weighted by Crippen LogP contribution is 2.62. The van der Waals surface area contributed by atoms with Gasteiger partial charge < -0.3 is 4.90 Å². The molecule has 0 fully saturated rings. The molecule has 0 saturated heterocycles. The molecule has 4 bridgehead atoms. The van der Waals surface area contributed by atoms with Crippen molar-refractivity contribution < 1.29 is 0 Å². The first kappa shape index (κ1) is 47.3. The van der Waals surface area contributed by atoms with Crippen LogP contribution < -0.4 is 4.90 Å². The van der Waals surface area contributed by atoms with Gasteiger partial charge in [0.1, 0.15) is 0 Å². The van der Waals surface area contributed by atoms with E-state index in [2.05, 4.69) is 260 Å². The molecule has 1 nitrogen and oxygen atoms in total. The van der Waals surface area contributed by atoms with Crippen LogP contribution in [0.3, 0.4) is 0 Å². The number of benzene rings is 6. The van der Waals surface area contributed by atoms with E-state index in [9.17, 15) is 0 Å². The van der Waals surface area contributed by atoms with Gasteiger partial charge in [-0.3, -0.25) is 0 Å². The van der Waals surface area contributed by atoms with Gasteiger partial charge in [-0.2, -0.15) is 0 Å².